The molecule has 1 fully saturated rings. The Balaban J connectivity index is 2.05. The van der Waals surface area contributed by atoms with Gasteiger partial charge in [-0.05, 0) is 35.0 Å². The quantitative estimate of drug-likeness (QED) is 0.869. The van der Waals surface area contributed by atoms with Crippen molar-refractivity contribution in [2.75, 3.05) is 50.0 Å². The van der Waals surface area contributed by atoms with E-state index in [0.29, 0.717) is 5.69 Å². The molecule has 1 aliphatic heterocycles. The number of rotatable bonds is 3. The zero-order valence-corrected chi connectivity index (χ0v) is 11.9. The standard InChI is InChI=1S/C12H19BrN4O/c13-11-8-10(14)9-15-12(11)17-3-1-2-16(4-5-17)6-7-18/h8-9,18H,1-7,14H2. The summed E-state index contributed by atoms with van der Waals surface area (Å²) in [6.45, 7) is 4.88. The lowest BCUT2D eigenvalue weighted by Gasteiger charge is -2.23. The molecule has 2 heterocycles. The normalized spacial score (nSPS) is 17.8. The predicted molar refractivity (Wildman–Crippen MR) is 76.7 cm³/mol. The molecular formula is C12H19BrN4O. The van der Waals surface area contributed by atoms with E-state index in [1.54, 1.807) is 6.20 Å². The van der Waals surface area contributed by atoms with Crippen LogP contribution in [0.3, 0.4) is 0 Å². The Morgan fingerprint density at radius 2 is 2.17 bits per heavy atom. The first kappa shape index (κ1) is 13.6. The molecule has 5 nitrogen and oxygen atoms in total. The number of pyridine rings is 1. The molecule has 0 saturated carbocycles. The molecule has 0 bridgehead atoms. The van der Waals surface area contributed by atoms with Crippen LogP contribution in [0.4, 0.5) is 11.5 Å². The van der Waals surface area contributed by atoms with Crippen molar-refractivity contribution in [3.63, 3.8) is 0 Å². The van der Waals surface area contributed by atoms with Gasteiger partial charge in [0.2, 0.25) is 0 Å². The van der Waals surface area contributed by atoms with Gasteiger partial charge in [-0.15, -0.1) is 0 Å². The van der Waals surface area contributed by atoms with Crippen molar-refractivity contribution < 1.29 is 5.11 Å². The molecule has 0 unspecified atom stereocenters. The second kappa shape index (κ2) is 6.36. The third-order valence-electron chi connectivity index (χ3n) is 3.15. The highest BCUT2D eigenvalue weighted by Gasteiger charge is 2.17. The molecule has 6 heteroatoms. The summed E-state index contributed by atoms with van der Waals surface area (Å²) in [5.74, 6) is 0.954. The van der Waals surface area contributed by atoms with E-state index < -0.39 is 0 Å². The minimum absolute atomic E-state index is 0.226. The molecule has 0 aromatic carbocycles. The van der Waals surface area contributed by atoms with Crippen LogP contribution in [0.1, 0.15) is 6.42 Å². The van der Waals surface area contributed by atoms with Gasteiger partial charge in [-0.2, -0.15) is 0 Å². The fourth-order valence-corrected chi connectivity index (χ4v) is 2.84. The number of anilines is 2. The highest BCUT2D eigenvalue weighted by atomic mass is 79.9. The Kier molecular flexibility index (Phi) is 4.79. The van der Waals surface area contributed by atoms with E-state index in [1.165, 1.54) is 0 Å². The number of hydrogen-bond donors (Lipinski definition) is 2. The van der Waals surface area contributed by atoms with Gasteiger partial charge in [0.15, 0.2) is 0 Å². The molecule has 1 aromatic heterocycles. The number of aromatic nitrogens is 1. The average Bonchev–Trinajstić information content (AvgIpc) is 2.55. The first-order valence-corrected chi connectivity index (χ1v) is 6.99. The highest BCUT2D eigenvalue weighted by molar-refractivity contribution is 9.10. The lowest BCUT2D eigenvalue weighted by atomic mass is 10.3. The number of nitrogens with two attached hydrogens (primary N) is 1. The average molecular weight is 315 g/mol. The number of halogens is 1. The monoisotopic (exact) mass is 314 g/mol. The van der Waals surface area contributed by atoms with Crippen LogP contribution in [0.2, 0.25) is 0 Å². The van der Waals surface area contributed by atoms with Crippen molar-refractivity contribution in [1.82, 2.24) is 9.88 Å². The summed E-state index contributed by atoms with van der Waals surface area (Å²) >= 11 is 3.52. The van der Waals surface area contributed by atoms with Crippen molar-refractivity contribution in [2.45, 2.75) is 6.42 Å². The minimum Gasteiger partial charge on any atom is -0.397 e. The maximum absolute atomic E-state index is 8.98. The van der Waals surface area contributed by atoms with Crippen LogP contribution in [0.5, 0.6) is 0 Å². The molecule has 18 heavy (non-hydrogen) atoms. The summed E-state index contributed by atoms with van der Waals surface area (Å²) in [6.07, 6.45) is 2.77. The molecule has 1 aliphatic rings. The summed E-state index contributed by atoms with van der Waals surface area (Å²) in [5.41, 5.74) is 6.37. The Hall–Kier alpha value is -0.850. The molecule has 3 N–H and O–H groups in total. The third kappa shape index (κ3) is 3.34. The van der Waals surface area contributed by atoms with Crippen molar-refractivity contribution in [2.24, 2.45) is 0 Å². The second-order valence-electron chi connectivity index (χ2n) is 4.48. The maximum Gasteiger partial charge on any atom is 0.143 e. The fourth-order valence-electron chi connectivity index (χ4n) is 2.23. The summed E-state index contributed by atoms with van der Waals surface area (Å²) in [5, 5.41) is 8.98. The van der Waals surface area contributed by atoms with Crippen LogP contribution >= 0.6 is 15.9 Å². The zero-order chi connectivity index (χ0) is 13.0. The molecule has 2 rings (SSSR count). The van der Waals surface area contributed by atoms with Gasteiger partial charge < -0.3 is 15.7 Å². The highest BCUT2D eigenvalue weighted by Crippen LogP contribution is 2.26. The van der Waals surface area contributed by atoms with Crippen LogP contribution in [-0.2, 0) is 0 Å². The van der Waals surface area contributed by atoms with Gasteiger partial charge in [0, 0.05) is 26.2 Å². The molecular weight excluding hydrogens is 296 g/mol. The van der Waals surface area contributed by atoms with E-state index in [9.17, 15) is 0 Å². The number of hydrogen-bond acceptors (Lipinski definition) is 5. The number of β-amino-alcohol motifs (C(OH)–C–C–N with tert-alkyl or cyclic N) is 1. The summed E-state index contributed by atoms with van der Waals surface area (Å²) in [6, 6.07) is 1.89. The summed E-state index contributed by atoms with van der Waals surface area (Å²) < 4.78 is 0.943. The topological polar surface area (TPSA) is 65.6 Å². The molecule has 0 amide bonds. The predicted octanol–water partition coefficient (Wildman–Crippen LogP) is 0.931. The van der Waals surface area contributed by atoms with Crippen molar-refractivity contribution in [3.8, 4) is 0 Å². The maximum atomic E-state index is 8.98. The fraction of sp³-hybridized carbons (Fsp3) is 0.583. The van der Waals surface area contributed by atoms with E-state index in [4.69, 9.17) is 10.8 Å². The Labute approximate surface area is 116 Å². The molecule has 1 saturated heterocycles. The van der Waals surface area contributed by atoms with Gasteiger partial charge in [0.25, 0.3) is 0 Å². The Bertz CT molecular complexity index is 402. The molecule has 0 spiro atoms. The first-order chi connectivity index (χ1) is 8.70. The van der Waals surface area contributed by atoms with Gasteiger partial charge in [0.05, 0.1) is 23.0 Å². The zero-order valence-electron chi connectivity index (χ0n) is 10.3. The van der Waals surface area contributed by atoms with Crippen molar-refractivity contribution >= 4 is 27.4 Å². The van der Waals surface area contributed by atoms with E-state index >= 15 is 0 Å². The van der Waals surface area contributed by atoms with Gasteiger partial charge in [-0.25, -0.2) is 4.98 Å². The van der Waals surface area contributed by atoms with Crippen LogP contribution in [0, 0.1) is 0 Å². The molecule has 1 aromatic rings. The minimum atomic E-state index is 0.226. The second-order valence-corrected chi connectivity index (χ2v) is 5.33. The largest absolute Gasteiger partial charge is 0.397 e. The molecule has 0 atom stereocenters. The first-order valence-electron chi connectivity index (χ1n) is 6.20. The van der Waals surface area contributed by atoms with Crippen molar-refractivity contribution in [3.05, 3.63) is 16.7 Å². The van der Waals surface area contributed by atoms with E-state index in [2.05, 4.69) is 30.7 Å². The molecule has 0 radical (unpaired) electrons. The lowest BCUT2D eigenvalue weighted by Crippen LogP contribution is -2.32. The number of nitrogens with zero attached hydrogens (tertiary/aromatic N) is 3. The number of aliphatic hydroxyl groups is 1. The van der Waals surface area contributed by atoms with Crippen molar-refractivity contribution in [1.29, 1.82) is 0 Å². The lowest BCUT2D eigenvalue weighted by molar-refractivity contribution is 0.204. The third-order valence-corrected chi connectivity index (χ3v) is 3.73. The Morgan fingerprint density at radius 1 is 1.33 bits per heavy atom. The van der Waals surface area contributed by atoms with Gasteiger partial charge in [0.1, 0.15) is 5.82 Å². The van der Waals surface area contributed by atoms with Crippen LogP contribution in [0.15, 0.2) is 16.7 Å². The SMILES string of the molecule is Nc1cnc(N2CCCN(CCO)CC2)c(Br)c1. The molecule has 0 aliphatic carbocycles. The number of aliphatic hydroxyl groups excluding tert-OH is 1. The van der Waals surface area contributed by atoms with Gasteiger partial charge >= 0.3 is 0 Å². The van der Waals surface area contributed by atoms with E-state index in [1.807, 2.05) is 6.07 Å². The molecule has 100 valence electrons. The van der Waals surface area contributed by atoms with E-state index in [0.717, 1.165) is 49.4 Å². The van der Waals surface area contributed by atoms with Crippen LogP contribution in [-0.4, -0.2) is 54.3 Å². The summed E-state index contributed by atoms with van der Waals surface area (Å²) in [4.78, 5) is 8.95. The summed E-state index contributed by atoms with van der Waals surface area (Å²) in [7, 11) is 0. The van der Waals surface area contributed by atoms with E-state index in [-0.39, 0.29) is 6.61 Å². The van der Waals surface area contributed by atoms with Gasteiger partial charge in [-0.3, -0.25) is 4.90 Å². The van der Waals surface area contributed by atoms with Crippen LogP contribution < -0.4 is 10.6 Å². The Morgan fingerprint density at radius 3 is 2.89 bits per heavy atom. The van der Waals surface area contributed by atoms with Crippen LogP contribution in [0.25, 0.3) is 0 Å². The number of nitrogen functional groups attached to an aromatic ring is 1. The smallest absolute Gasteiger partial charge is 0.143 e. The van der Waals surface area contributed by atoms with Gasteiger partial charge in [-0.1, -0.05) is 0 Å².